The van der Waals surface area contributed by atoms with Gasteiger partial charge in [-0.3, -0.25) is 9.78 Å². The molecule has 6 nitrogen and oxygen atoms in total. The predicted molar refractivity (Wildman–Crippen MR) is 154 cm³/mol. The van der Waals surface area contributed by atoms with Crippen LogP contribution in [0.1, 0.15) is 29.3 Å². The van der Waals surface area contributed by atoms with Gasteiger partial charge >= 0.3 is 0 Å². The summed E-state index contributed by atoms with van der Waals surface area (Å²) in [6, 6.07) is 14.3. The Morgan fingerprint density at radius 3 is 2.41 bits per heavy atom. The highest BCUT2D eigenvalue weighted by atomic mass is 35.5. The second-order valence-electron chi connectivity index (χ2n) is 9.78. The Balaban J connectivity index is 1.51. The summed E-state index contributed by atoms with van der Waals surface area (Å²) < 4.78 is 0. The first kappa shape index (κ1) is 25.5. The molecule has 1 saturated heterocycles. The summed E-state index contributed by atoms with van der Waals surface area (Å²) in [6.45, 7) is 5.39. The smallest absolute Gasteiger partial charge is 0.163 e. The van der Waals surface area contributed by atoms with E-state index in [4.69, 9.17) is 28.2 Å². The lowest BCUT2D eigenvalue weighted by Crippen LogP contribution is -2.31. The molecule has 1 fully saturated rings. The number of pyridine rings is 2. The molecule has 2 aromatic carbocycles. The molecule has 190 valence electrons. The number of hydrogen-bond donors (Lipinski definition) is 1. The normalized spacial score (nSPS) is 15.5. The molecule has 8 heteroatoms. The summed E-state index contributed by atoms with van der Waals surface area (Å²) in [5.41, 5.74) is 5.46. The Morgan fingerprint density at radius 2 is 1.78 bits per heavy atom. The van der Waals surface area contributed by atoms with Gasteiger partial charge in [-0.1, -0.05) is 29.3 Å². The van der Waals surface area contributed by atoms with Gasteiger partial charge in [0.1, 0.15) is 5.82 Å². The fourth-order valence-corrected chi connectivity index (χ4v) is 5.24. The molecule has 1 aliphatic rings. The summed E-state index contributed by atoms with van der Waals surface area (Å²) >= 11 is 12.8. The number of carbonyl (C=O) groups is 1. The molecular formula is C29H29Cl2N5O. The number of rotatable bonds is 6. The van der Waals surface area contributed by atoms with Crippen molar-refractivity contribution in [2.75, 3.05) is 37.4 Å². The second kappa shape index (κ2) is 10.3. The lowest BCUT2D eigenvalue weighted by molar-refractivity contribution is 0.101. The van der Waals surface area contributed by atoms with Gasteiger partial charge in [0.15, 0.2) is 5.78 Å². The zero-order valence-corrected chi connectivity index (χ0v) is 22.9. The number of ketones is 1. The number of benzene rings is 2. The topological polar surface area (TPSA) is 61.4 Å². The van der Waals surface area contributed by atoms with Gasteiger partial charge in [-0.25, -0.2) is 4.98 Å². The first-order valence-electron chi connectivity index (χ1n) is 12.3. The number of anilines is 3. The summed E-state index contributed by atoms with van der Waals surface area (Å²) in [6.07, 6.45) is 4.57. The van der Waals surface area contributed by atoms with Gasteiger partial charge in [0, 0.05) is 40.8 Å². The highest BCUT2D eigenvalue weighted by Gasteiger charge is 2.24. The number of nitrogens with one attached hydrogen (secondary N) is 1. The highest BCUT2D eigenvalue weighted by Crippen LogP contribution is 2.36. The highest BCUT2D eigenvalue weighted by molar-refractivity contribution is 6.36. The van der Waals surface area contributed by atoms with E-state index >= 15 is 0 Å². The molecule has 1 N–H and O–H groups in total. The van der Waals surface area contributed by atoms with E-state index in [1.807, 2.05) is 55.6 Å². The third-order valence-corrected chi connectivity index (χ3v) is 7.88. The van der Waals surface area contributed by atoms with Crippen LogP contribution >= 0.6 is 23.2 Å². The van der Waals surface area contributed by atoms with Gasteiger partial charge in [-0.05, 0) is 87.5 Å². The maximum atomic E-state index is 12.6. The molecule has 1 aliphatic heterocycles. The van der Waals surface area contributed by atoms with Crippen LogP contribution in [0.25, 0.3) is 22.0 Å². The molecule has 1 unspecified atom stereocenters. The monoisotopic (exact) mass is 533 g/mol. The number of likely N-dealkylation sites (N-methyl/N-ethyl adjacent to an activating group) is 1. The minimum Gasteiger partial charge on any atom is -0.355 e. The van der Waals surface area contributed by atoms with Crippen molar-refractivity contribution in [1.82, 2.24) is 14.9 Å². The third kappa shape index (κ3) is 5.14. The Bertz CT molecular complexity index is 1460. The number of halogens is 2. The fraction of sp³-hybridized carbons (Fsp3) is 0.276. The van der Waals surface area contributed by atoms with Crippen molar-refractivity contribution in [3.05, 3.63) is 76.0 Å². The lowest BCUT2D eigenvalue weighted by Gasteiger charge is -2.21. The summed E-state index contributed by atoms with van der Waals surface area (Å²) in [5, 5.41) is 5.50. The van der Waals surface area contributed by atoms with Crippen molar-refractivity contribution in [2.24, 2.45) is 0 Å². The van der Waals surface area contributed by atoms with E-state index in [9.17, 15) is 4.79 Å². The van der Waals surface area contributed by atoms with Crippen LogP contribution in [0.3, 0.4) is 0 Å². The first-order valence-corrected chi connectivity index (χ1v) is 13.0. The number of hydrogen-bond acceptors (Lipinski definition) is 6. The zero-order chi connectivity index (χ0) is 26.3. The minimum atomic E-state index is -0.0694. The number of Topliss-reactive ketones (excluding diaryl/α,β-unsaturated/α-hetero) is 1. The van der Waals surface area contributed by atoms with Crippen molar-refractivity contribution >= 4 is 57.1 Å². The third-order valence-electron chi connectivity index (χ3n) is 7.10. The second-order valence-corrected chi connectivity index (χ2v) is 10.6. The Hall–Kier alpha value is -3.19. The SMILES string of the molecule is CC(=O)c1cnc2ccc(-c3cc(Cl)c(C)c(Cl)c3)cc2c1Nc1ccc(N2CCC(N(C)C)C2)nc1. The molecule has 3 heterocycles. The lowest BCUT2D eigenvalue weighted by atomic mass is 9.99. The predicted octanol–water partition coefficient (Wildman–Crippen LogP) is 7.00. The van der Waals surface area contributed by atoms with Crippen LogP contribution < -0.4 is 10.2 Å². The van der Waals surface area contributed by atoms with Crippen LogP contribution in [0.5, 0.6) is 0 Å². The van der Waals surface area contributed by atoms with Crippen molar-refractivity contribution in [3.8, 4) is 11.1 Å². The Kier molecular flexibility index (Phi) is 7.08. The van der Waals surface area contributed by atoms with E-state index in [0.717, 1.165) is 58.6 Å². The van der Waals surface area contributed by atoms with E-state index in [1.165, 1.54) is 0 Å². The molecule has 0 bridgehead atoms. The average Bonchev–Trinajstić information content (AvgIpc) is 3.38. The van der Waals surface area contributed by atoms with E-state index in [-0.39, 0.29) is 5.78 Å². The van der Waals surface area contributed by atoms with Crippen molar-refractivity contribution in [3.63, 3.8) is 0 Å². The van der Waals surface area contributed by atoms with Gasteiger partial charge in [0.05, 0.1) is 28.7 Å². The molecule has 0 aliphatic carbocycles. The van der Waals surface area contributed by atoms with Gasteiger partial charge < -0.3 is 15.1 Å². The molecule has 2 aromatic heterocycles. The van der Waals surface area contributed by atoms with Gasteiger partial charge in [0.2, 0.25) is 0 Å². The van der Waals surface area contributed by atoms with E-state index in [2.05, 4.69) is 34.2 Å². The Morgan fingerprint density at radius 1 is 1.03 bits per heavy atom. The van der Waals surface area contributed by atoms with Gasteiger partial charge in [-0.15, -0.1) is 0 Å². The van der Waals surface area contributed by atoms with Gasteiger partial charge in [0.25, 0.3) is 0 Å². The average molecular weight is 534 g/mol. The zero-order valence-electron chi connectivity index (χ0n) is 21.3. The maximum Gasteiger partial charge on any atom is 0.163 e. The summed E-state index contributed by atoms with van der Waals surface area (Å²) in [5.74, 6) is 0.886. The maximum absolute atomic E-state index is 12.6. The van der Waals surface area contributed by atoms with Crippen molar-refractivity contribution in [2.45, 2.75) is 26.3 Å². The van der Waals surface area contributed by atoms with E-state index in [0.29, 0.717) is 27.3 Å². The van der Waals surface area contributed by atoms with Gasteiger partial charge in [-0.2, -0.15) is 0 Å². The van der Waals surface area contributed by atoms with Crippen LogP contribution in [0.15, 0.2) is 54.9 Å². The molecule has 0 radical (unpaired) electrons. The molecule has 5 rings (SSSR count). The molecular weight excluding hydrogens is 505 g/mol. The summed E-state index contributed by atoms with van der Waals surface area (Å²) in [7, 11) is 4.24. The van der Waals surface area contributed by atoms with Crippen LogP contribution in [0.4, 0.5) is 17.2 Å². The fourth-order valence-electron chi connectivity index (χ4n) is 4.75. The van der Waals surface area contributed by atoms with Crippen LogP contribution in [0.2, 0.25) is 10.0 Å². The van der Waals surface area contributed by atoms with E-state index in [1.54, 1.807) is 13.1 Å². The minimum absolute atomic E-state index is 0.0694. The quantitative estimate of drug-likeness (QED) is 0.269. The standard InChI is InChI=1S/C29H29Cl2N5O/c1-17-25(30)12-20(13-26(17)31)19-5-7-27-23(11-19)29(24(15-32-27)18(2)37)34-21-6-8-28(33-14-21)36-10-9-22(16-36)35(3)4/h5-8,11-15,22H,9-10,16H2,1-4H3,(H,32,34). The molecule has 4 aromatic rings. The first-order chi connectivity index (χ1) is 17.7. The summed E-state index contributed by atoms with van der Waals surface area (Å²) in [4.78, 5) is 26.4. The Labute approximate surface area is 227 Å². The van der Waals surface area contributed by atoms with Crippen molar-refractivity contribution < 1.29 is 4.79 Å². The number of carbonyl (C=O) groups excluding carboxylic acids is 1. The van der Waals surface area contributed by atoms with E-state index < -0.39 is 0 Å². The largest absolute Gasteiger partial charge is 0.355 e. The molecule has 37 heavy (non-hydrogen) atoms. The molecule has 0 spiro atoms. The molecule has 1 atom stereocenters. The molecule has 0 saturated carbocycles. The number of nitrogens with zero attached hydrogens (tertiary/aromatic N) is 4. The van der Waals surface area contributed by atoms with Crippen molar-refractivity contribution in [1.29, 1.82) is 0 Å². The number of aromatic nitrogens is 2. The van der Waals surface area contributed by atoms with Crippen LogP contribution in [0, 0.1) is 6.92 Å². The van der Waals surface area contributed by atoms with Crippen LogP contribution in [-0.2, 0) is 0 Å². The molecule has 0 amide bonds. The number of fused-ring (bicyclic) bond motifs is 1. The van der Waals surface area contributed by atoms with Crippen LogP contribution in [-0.4, -0.2) is 53.9 Å².